The maximum atomic E-state index is 3.62. The first-order valence-corrected chi connectivity index (χ1v) is 7.38. The third-order valence-electron chi connectivity index (χ3n) is 4.01. The molecule has 1 nitrogen and oxygen atoms in total. The van der Waals surface area contributed by atoms with Crippen LogP contribution in [0.1, 0.15) is 35.5 Å². The summed E-state index contributed by atoms with van der Waals surface area (Å²) in [5, 5.41) is 3.91. The predicted octanol–water partition coefficient (Wildman–Crippen LogP) is 5.19. The zero-order valence-electron chi connectivity index (χ0n) is 10.5. The number of aromatic amines is 1. The molecule has 2 atom stereocenters. The van der Waals surface area contributed by atoms with Crippen molar-refractivity contribution in [1.29, 1.82) is 0 Å². The lowest BCUT2D eigenvalue weighted by Crippen LogP contribution is -1.88. The van der Waals surface area contributed by atoms with E-state index in [9.17, 15) is 0 Å². The van der Waals surface area contributed by atoms with Gasteiger partial charge in [0.2, 0.25) is 0 Å². The Morgan fingerprint density at radius 1 is 0.944 bits per heavy atom. The van der Waals surface area contributed by atoms with Gasteiger partial charge in [0.1, 0.15) is 0 Å². The number of thioether (sulfide) groups is 1. The minimum atomic E-state index is 0.590. The third-order valence-corrected chi connectivity index (χ3v) is 5.32. The molecule has 90 valence electrons. The molecule has 0 spiro atoms. The lowest BCUT2D eigenvalue weighted by atomic mass is 9.99. The third kappa shape index (κ3) is 1.24. The van der Waals surface area contributed by atoms with E-state index in [1.54, 1.807) is 0 Å². The van der Waals surface area contributed by atoms with Gasteiger partial charge in [0.15, 0.2) is 0 Å². The molecule has 1 N–H and O–H groups in total. The van der Waals surface area contributed by atoms with Crippen LogP contribution in [-0.4, -0.2) is 4.98 Å². The Balaban J connectivity index is 2.18. The molecule has 2 heteroatoms. The number of hydrogen-bond donors (Lipinski definition) is 1. The van der Waals surface area contributed by atoms with Gasteiger partial charge in [-0.1, -0.05) is 30.3 Å². The van der Waals surface area contributed by atoms with Gasteiger partial charge in [0.05, 0.1) is 5.52 Å². The van der Waals surface area contributed by atoms with Crippen molar-refractivity contribution >= 4 is 33.6 Å². The van der Waals surface area contributed by atoms with E-state index in [1.807, 2.05) is 0 Å². The molecule has 0 amide bonds. The van der Waals surface area contributed by atoms with Crippen molar-refractivity contribution in [3.63, 3.8) is 0 Å². The summed E-state index contributed by atoms with van der Waals surface area (Å²) in [4.78, 5) is 3.62. The van der Waals surface area contributed by atoms with E-state index in [0.29, 0.717) is 10.5 Å². The summed E-state index contributed by atoms with van der Waals surface area (Å²) < 4.78 is 0. The average molecular weight is 253 g/mol. The van der Waals surface area contributed by atoms with Crippen molar-refractivity contribution < 1.29 is 0 Å². The van der Waals surface area contributed by atoms with Gasteiger partial charge in [-0.05, 0) is 31.0 Å². The second-order valence-electron chi connectivity index (χ2n) is 5.08. The molecule has 3 aromatic rings. The number of aromatic nitrogens is 1. The highest BCUT2D eigenvalue weighted by Gasteiger charge is 2.28. The highest BCUT2D eigenvalue weighted by atomic mass is 32.2. The first kappa shape index (κ1) is 10.5. The topological polar surface area (TPSA) is 15.8 Å². The number of fused-ring (bicyclic) bond motifs is 5. The second-order valence-corrected chi connectivity index (χ2v) is 6.77. The highest BCUT2D eigenvalue weighted by Crippen LogP contribution is 2.52. The molecule has 0 radical (unpaired) electrons. The molecule has 0 fully saturated rings. The van der Waals surface area contributed by atoms with Crippen molar-refractivity contribution in [3.8, 4) is 0 Å². The Bertz CT molecular complexity index is 756. The van der Waals surface area contributed by atoms with Crippen LogP contribution in [0.5, 0.6) is 0 Å². The van der Waals surface area contributed by atoms with E-state index in [1.165, 1.54) is 32.9 Å². The van der Waals surface area contributed by atoms with Crippen LogP contribution in [0.3, 0.4) is 0 Å². The van der Waals surface area contributed by atoms with E-state index >= 15 is 0 Å². The number of benzene rings is 2. The summed E-state index contributed by atoms with van der Waals surface area (Å²) >= 11 is 2.05. The van der Waals surface area contributed by atoms with Crippen LogP contribution in [0.4, 0.5) is 0 Å². The van der Waals surface area contributed by atoms with Gasteiger partial charge in [-0.3, -0.25) is 0 Å². The number of hydrogen-bond acceptors (Lipinski definition) is 1. The van der Waals surface area contributed by atoms with Crippen LogP contribution in [-0.2, 0) is 0 Å². The first-order chi connectivity index (χ1) is 8.75. The lowest BCUT2D eigenvalue weighted by Gasteiger charge is -2.05. The van der Waals surface area contributed by atoms with E-state index in [0.717, 1.165) is 0 Å². The van der Waals surface area contributed by atoms with Crippen molar-refractivity contribution in [1.82, 2.24) is 4.98 Å². The molecule has 2 aromatic carbocycles. The van der Waals surface area contributed by atoms with Gasteiger partial charge in [-0.2, -0.15) is 0 Å². The van der Waals surface area contributed by atoms with Gasteiger partial charge >= 0.3 is 0 Å². The summed E-state index contributed by atoms with van der Waals surface area (Å²) in [6.45, 7) is 4.62. The van der Waals surface area contributed by atoms with Gasteiger partial charge < -0.3 is 4.98 Å². The van der Waals surface area contributed by atoms with Crippen LogP contribution in [0.25, 0.3) is 21.8 Å². The van der Waals surface area contributed by atoms with Crippen LogP contribution < -0.4 is 0 Å². The largest absolute Gasteiger partial charge is 0.354 e. The zero-order valence-corrected chi connectivity index (χ0v) is 11.3. The molecule has 1 aliphatic rings. The molecule has 1 aromatic heterocycles. The smallest absolute Gasteiger partial charge is 0.0511 e. The molecule has 1 aliphatic heterocycles. The monoisotopic (exact) mass is 253 g/mol. The molecule has 4 rings (SSSR count). The molecule has 0 saturated heterocycles. The molecule has 0 aliphatic carbocycles. The minimum Gasteiger partial charge on any atom is -0.354 e. The molecule has 2 heterocycles. The van der Waals surface area contributed by atoms with Crippen molar-refractivity contribution in [2.24, 2.45) is 0 Å². The average Bonchev–Trinajstić information content (AvgIpc) is 2.88. The fourth-order valence-corrected chi connectivity index (χ4v) is 4.55. The minimum absolute atomic E-state index is 0.590. The lowest BCUT2D eigenvalue weighted by molar-refractivity contribution is 1.09. The molecule has 0 bridgehead atoms. The summed E-state index contributed by atoms with van der Waals surface area (Å²) in [5.74, 6) is 0. The summed E-state index contributed by atoms with van der Waals surface area (Å²) in [7, 11) is 0. The Morgan fingerprint density at radius 3 is 2.67 bits per heavy atom. The Kier molecular flexibility index (Phi) is 2.07. The maximum absolute atomic E-state index is 3.62. The van der Waals surface area contributed by atoms with Gasteiger partial charge in [-0.25, -0.2) is 0 Å². The number of para-hydroxylation sites is 1. The van der Waals surface area contributed by atoms with Gasteiger partial charge in [0, 0.05) is 26.8 Å². The SMILES string of the molecule is CC1SC(C)c2c1ccc1c2[nH]c2ccccc21. The van der Waals surface area contributed by atoms with Crippen LogP contribution >= 0.6 is 11.8 Å². The Morgan fingerprint density at radius 2 is 1.78 bits per heavy atom. The Hall–Kier alpha value is -1.41. The zero-order chi connectivity index (χ0) is 12.3. The first-order valence-electron chi connectivity index (χ1n) is 6.44. The fourth-order valence-electron chi connectivity index (χ4n) is 3.20. The molecule has 0 saturated carbocycles. The molecular weight excluding hydrogens is 238 g/mol. The van der Waals surface area contributed by atoms with E-state index in [-0.39, 0.29) is 0 Å². The highest BCUT2D eigenvalue weighted by molar-refractivity contribution is 8.00. The predicted molar refractivity (Wildman–Crippen MR) is 80.2 cm³/mol. The number of nitrogens with one attached hydrogen (secondary N) is 1. The summed E-state index contributed by atoms with van der Waals surface area (Å²) in [5.41, 5.74) is 5.61. The quantitative estimate of drug-likeness (QED) is 0.583. The van der Waals surface area contributed by atoms with E-state index in [2.05, 4.69) is 67.0 Å². The second kappa shape index (κ2) is 3.55. The normalized spacial score (nSPS) is 22.8. The summed E-state index contributed by atoms with van der Waals surface area (Å²) in [6.07, 6.45) is 0. The molecule has 2 unspecified atom stereocenters. The molecule has 18 heavy (non-hydrogen) atoms. The van der Waals surface area contributed by atoms with Crippen molar-refractivity contribution in [3.05, 3.63) is 47.5 Å². The van der Waals surface area contributed by atoms with Crippen LogP contribution in [0.2, 0.25) is 0 Å². The standard InChI is InChI=1S/C16H15NS/c1-9-11-7-8-13-12-5-3-4-6-14(12)17-16(13)15(11)10(2)18-9/h3-10,17H,1-2H3. The van der Waals surface area contributed by atoms with Gasteiger partial charge in [0.25, 0.3) is 0 Å². The van der Waals surface area contributed by atoms with Crippen molar-refractivity contribution in [2.75, 3.05) is 0 Å². The molecular formula is C16H15NS. The van der Waals surface area contributed by atoms with Crippen LogP contribution in [0, 0.1) is 0 Å². The Labute approximate surface area is 111 Å². The van der Waals surface area contributed by atoms with E-state index in [4.69, 9.17) is 0 Å². The summed E-state index contributed by atoms with van der Waals surface area (Å²) in [6, 6.07) is 13.2. The van der Waals surface area contributed by atoms with Crippen LogP contribution in [0.15, 0.2) is 36.4 Å². The van der Waals surface area contributed by atoms with Gasteiger partial charge in [-0.15, -0.1) is 11.8 Å². The maximum Gasteiger partial charge on any atom is 0.0511 e. The number of H-pyrrole nitrogens is 1. The number of rotatable bonds is 0. The van der Waals surface area contributed by atoms with E-state index < -0.39 is 0 Å². The fraction of sp³-hybridized carbons (Fsp3) is 0.250. The van der Waals surface area contributed by atoms with Crippen molar-refractivity contribution in [2.45, 2.75) is 24.3 Å².